The average Bonchev–Trinajstić information content (AvgIpc) is 2.75. The van der Waals surface area contributed by atoms with Gasteiger partial charge in [0.15, 0.2) is 0 Å². The average molecular weight is 273 g/mol. The molecule has 1 aromatic carbocycles. The molecule has 0 aliphatic heterocycles. The second-order valence-electron chi connectivity index (χ2n) is 5.08. The van der Waals surface area contributed by atoms with Gasteiger partial charge in [0.05, 0.1) is 11.4 Å². The minimum atomic E-state index is 0.223. The van der Waals surface area contributed by atoms with Crippen LogP contribution in [0.2, 0.25) is 0 Å². The van der Waals surface area contributed by atoms with Crippen LogP contribution < -0.4 is 5.32 Å². The maximum Gasteiger partial charge on any atom is 0.0648 e. The molecular formula is C16H23N3O. The Morgan fingerprint density at radius 1 is 1.25 bits per heavy atom. The number of benzene rings is 1. The van der Waals surface area contributed by atoms with Crippen LogP contribution >= 0.6 is 0 Å². The van der Waals surface area contributed by atoms with Crippen molar-refractivity contribution in [3.05, 3.63) is 47.3 Å². The fourth-order valence-corrected chi connectivity index (χ4v) is 2.60. The van der Waals surface area contributed by atoms with E-state index in [2.05, 4.69) is 36.4 Å². The van der Waals surface area contributed by atoms with Crippen molar-refractivity contribution < 1.29 is 5.11 Å². The van der Waals surface area contributed by atoms with Crippen LogP contribution in [0.3, 0.4) is 0 Å². The van der Waals surface area contributed by atoms with Gasteiger partial charge in [-0.25, -0.2) is 4.68 Å². The molecule has 4 heteroatoms. The molecule has 1 atom stereocenters. The van der Waals surface area contributed by atoms with Gasteiger partial charge in [-0.3, -0.25) is 0 Å². The Labute approximate surface area is 120 Å². The molecule has 2 rings (SSSR count). The van der Waals surface area contributed by atoms with Gasteiger partial charge in [-0.1, -0.05) is 18.2 Å². The molecule has 0 aliphatic rings. The van der Waals surface area contributed by atoms with E-state index in [-0.39, 0.29) is 12.6 Å². The van der Waals surface area contributed by atoms with Crippen LogP contribution in [0.1, 0.15) is 36.3 Å². The standard InChI is InChI=1S/C16H23N3O/c1-12(17-10-7-11-20)16-13(2)18-19(14(16)3)15-8-5-4-6-9-15/h4-6,8-9,12,17,20H,7,10-11H2,1-3H3. The number of aromatic nitrogens is 2. The summed E-state index contributed by atoms with van der Waals surface area (Å²) in [6, 6.07) is 10.4. The number of hydrogen-bond donors (Lipinski definition) is 2. The molecule has 0 saturated carbocycles. The van der Waals surface area contributed by atoms with Gasteiger partial charge in [0.1, 0.15) is 0 Å². The molecule has 1 heterocycles. The van der Waals surface area contributed by atoms with Gasteiger partial charge >= 0.3 is 0 Å². The third-order valence-electron chi connectivity index (χ3n) is 3.57. The van der Waals surface area contributed by atoms with E-state index in [4.69, 9.17) is 5.11 Å². The summed E-state index contributed by atoms with van der Waals surface area (Å²) in [5, 5.41) is 16.9. The molecule has 0 aliphatic carbocycles. The van der Waals surface area contributed by atoms with Crippen LogP contribution in [0.25, 0.3) is 5.69 Å². The van der Waals surface area contributed by atoms with Crippen LogP contribution in [-0.2, 0) is 0 Å². The van der Waals surface area contributed by atoms with Crippen molar-refractivity contribution in [2.75, 3.05) is 13.2 Å². The summed E-state index contributed by atoms with van der Waals surface area (Å²) >= 11 is 0. The monoisotopic (exact) mass is 273 g/mol. The highest BCUT2D eigenvalue weighted by molar-refractivity contribution is 5.38. The number of nitrogens with one attached hydrogen (secondary N) is 1. The molecule has 0 saturated heterocycles. The van der Waals surface area contributed by atoms with E-state index in [1.165, 1.54) is 5.56 Å². The van der Waals surface area contributed by atoms with Crippen LogP contribution in [-0.4, -0.2) is 28.0 Å². The molecule has 2 N–H and O–H groups in total. The van der Waals surface area contributed by atoms with Crippen molar-refractivity contribution in [1.29, 1.82) is 0 Å². The maximum atomic E-state index is 8.86. The Kier molecular flexibility index (Phi) is 4.93. The quantitative estimate of drug-likeness (QED) is 0.795. The first-order valence-corrected chi connectivity index (χ1v) is 7.11. The second-order valence-corrected chi connectivity index (χ2v) is 5.08. The van der Waals surface area contributed by atoms with Crippen molar-refractivity contribution in [2.24, 2.45) is 0 Å². The predicted molar refractivity (Wildman–Crippen MR) is 81.2 cm³/mol. The van der Waals surface area contributed by atoms with Crippen LogP contribution in [0.15, 0.2) is 30.3 Å². The number of aryl methyl sites for hydroxylation is 1. The summed E-state index contributed by atoms with van der Waals surface area (Å²) in [7, 11) is 0. The van der Waals surface area contributed by atoms with Crippen molar-refractivity contribution in [3.8, 4) is 5.69 Å². The summed E-state index contributed by atoms with van der Waals surface area (Å²) in [5.74, 6) is 0. The van der Waals surface area contributed by atoms with Gasteiger partial charge in [-0.2, -0.15) is 5.10 Å². The lowest BCUT2D eigenvalue weighted by atomic mass is 10.1. The van der Waals surface area contributed by atoms with Crippen LogP contribution in [0, 0.1) is 13.8 Å². The first-order chi connectivity index (χ1) is 9.65. The van der Waals surface area contributed by atoms with Crippen molar-refractivity contribution in [1.82, 2.24) is 15.1 Å². The minimum Gasteiger partial charge on any atom is -0.396 e. The minimum absolute atomic E-state index is 0.223. The molecule has 1 unspecified atom stereocenters. The normalized spacial score (nSPS) is 12.6. The molecule has 108 valence electrons. The Morgan fingerprint density at radius 2 is 1.95 bits per heavy atom. The van der Waals surface area contributed by atoms with Crippen LogP contribution in [0.5, 0.6) is 0 Å². The topological polar surface area (TPSA) is 50.1 Å². The fraction of sp³-hybridized carbons (Fsp3) is 0.438. The number of rotatable bonds is 6. The van der Waals surface area contributed by atoms with Gasteiger partial charge < -0.3 is 10.4 Å². The van der Waals surface area contributed by atoms with Crippen molar-refractivity contribution in [3.63, 3.8) is 0 Å². The van der Waals surface area contributed by atoms with Gasteiger partial charge in [-0.05, 0) is 45.9 Å². The molecular weight excluding hydrogens is 250 g/mol. The van der Waals surface area contributed by atoms with Crippen LogP contribution in [0.4, 0.5) is 0 Å². The number of hydrogen-bond acceptors (Lipinski definition) is 3. The number of nitrogens with zero attached hydrogens (tertiary/aromatic N) is 2. The van der Waals surface area contributed by atoms with Gasteiger partial charge in [-0.15, -0.1) is 0 Å². The zero-order valence-corrected chi connectivity index (χ0v) is 12.4. The number of para-hydroxylation sites is 1. The van der Waals surface area contributed by atoms with E-state index >= 15 is 0 Å². The first-order valence-electron chi connectivity index (χ1n) is 7.11. The molecule has 0 bridgehead atoms. The highest BCUT2D eigenvalue weighted by Gasteiger charge is 2.17. The molecule has 0 fully saturated rings. The molecule has 20 heavy (non-hydrogen) atoms. The summed E-state index contributed by atoms with van der Waals surface area (Å²) < 4.78 is 1.99. The highest BCUT2D eigenvalue weighted by Crippen LogP contribution is 2.23. The van der Waals surface area contributed by atoms with E-state index in [9.17, 15) is 0 Å². The predicted octanol–water partition coefficient (Wildman–Crippen LogP) is 2.52. The molecule has 0 radical (unpaired) electrons. The molecule has 0 spiro atoms. The molecule has 0 amide bonds. The summed E-state index contributed by atoms with van der Waals surface area (Å²) in [5.41, 5.74) is 4.54. The third-order valence-corrected chi connectivity index (χ3v) is 3.57. The molecule has 2 aromatic rings. The third kappa shape index (κ3) is 3.08. The highest BCUT2D eigenvalue weighted by atomic mass is 16.3. The lowest BCUT2D eigenvalue weighted by molar-refractivity contribution is 0.284. The van der Waals surface area contributed by atoms with E-state index in [0.29, 0.717) is 0 Å². The van der Waals surface area contributed by atoms with Gasteiger partial charge in [0.2, 0.25) is 0 Å². The Balaban J connectivity index is 2.25. The zero-order chi connectivity index (χ0) is 14.5. The summed E-state index contributed by atoms with van der Waals surface area (Å²) in [6.45, 7) is 7.33. The van der Waals surface area contributed by atoms with E-state index < -0.39 is 0 Å². The zero-order valence-electron chi connectivity index (χ0n) is 12.4. The van der Waals surface area contributed by atoms with E-state index in [1.54, 1.807) is 0 Å². The lowest BCUT2D eigenvalue weighted by Crippen LogP contribution is -2.21. The smallest absolute Gasteiger partial charge is 0.0648 e. The summed E-state index contributed by atoms with van der Waals surface area (Å²) in [4.78, 5) is 0. The Bertz CT molecular complexity index is 548. The maximum absolute atomic E-state index is 8.86. The first kappa shape index (κ1) is 14.8. The van der Waals surface area contributed by atoms with Gasteiger partial charge in [0, 0.05) is 23.9 Å². The summed E-state index contributed by atoms with van der Waals surface area (Å²) in [6.07, 6.45) is 0.773. The van der Waals surface area contributed by atoms with Crippen molar-refractivity contribution >= 4 is 0 Å². The molecule has 1 aromatic heterocycles. The second kappa shape index (κ2) is 6.68. The van der Waals surface area contributed by atoms with Crippen molar-refractivity contribution in [2.45, 2.75) is 33.2 Å². The largest absolute Gasteiger partial charge is 0.396 e. The Hall–Kier alpha value is -1.65. The Morgan fingerprint density at radius 3 is 2.60 bits per heavy atom. The van der Waals surface area contributed by atoms with Gasteiger partial charge in [0.25, 0.3) is 0 Å². The van der Waals surface area contributed by atoms with E-state index in [1.807, 2.05) is 29.8 Å². The molecule has 4 nitrogen and oxygen atoms in total. The fourth-order valence-electron chi connectivity index (χ4n) is 2.60. The number of aliphatic hydroxyl groups is 1. The lowest BCUT2D eigenvalue weighted by Gasteiger charge is -2.14. The number of aliphatic hydroxyl groups excluding tert-OH is 1. The SMILES string of the molecule is Cc1nn(-c2ccccc2)c(C)c1C(C)NCCCO. The van der Waals surface area contributed by atoms with E-state index in [0.717, 1.165) is 30.0 Å².